The summed E-state index contributed by atoms with van der Waals surface area (Å²) >= 11 is 9.56. The Kier molecular flexibility index (Phi) is 5.13. The van der Waals surface area contributed by atoms with Gasteiger partial charge in [0.15, 0.2) is 11.6 Å². The van der Waals surface area contributed by atoms with Crippen molar-refractivity contribution in [1.29, 1.82) is 0 Å². The first kappa shape index (κ1) is 15.4. The van der Waals surface area contributed by atoms with Gasteiger partial charge in [-0.05, 0) is 48.9 Å². The SMILES string of the molecule is CNC(Cc1cccc(F)c1F)c1cc(Br)ccc1Cl. The lowest BCUT2D eigenvalue weighted by atomic mass is 9.98. The van der Waals surface area contributed by atoms with E-state index >= 15 is 0 Å². The lowest BCUT2D eigenvalue weighted by Crippen LogP contribution is -2.20. The van der Waals surface area contributed by atoms with Gasteiger partial charge in [0.05, 0.1) is 0 Å². The number of benzene rings is 2. The van der Waals surface area contributed by atoms with E-state index in [9.17, 15) is 8.78 Å². The maximum atomic E-state index is 13.7. The van der Waals surface area contributed by atoms with Gasteiger partial charge in [-0.2, -0.15) is 0 Å². The summed E-state index contributed by atoms with van der Waals surface area (Å²) in [4.78, 5) is 0. The molecule has 2 aromatic rings. The number of nitrogens with one attached hydrogen (secondary N) is 1. The van der Waals surface area contributed by atoms with Crippen LogP contribution >= 0.6 is 27.5 Å². The Morgan fingerprint density at radius 2 is 2.00 bits per heavy atom. The minimum absolute atomic E-state index is 0.198. The Balaban J connectivity index is 2.34. The second-order valence-corrected chi connectivity index (χ2v) is 5.75. The molecule has 0 aliphatic heterocycles. The molecule has 1 atom stereocenters. The van der Waals surface area contributed by atoms with Crippen molar-refractivity contribution in [3.63, 3.8) is 0 Å². The van der Waals surface area contributed by atoms with Gasteiger partial charge in [-0.25, -0.2) is 8.78 Å². The molecule has 0 spiro atoms. The summed E-state index contributed by atoms with van der Waals surface area (Å²) < 4.78 is 27.9. The zero-order valence-electron chi connectivity index (χ0n) is 10.8. The third kappa shape index (κ3) is 3.37. The first-order chi connectivity index (χ1) is 9.52. The Morgan fingerprint density at radius 1 is 1.25 bits per heavy atom. The molecule has 0 saturated carbocycles. The van der Waals surface area contributed by atoms with Crippen LogP contribution in [0.15, 0.2) is 40.9 Å². The van der Waals surface area contributed by atoms with Gasteiger partial charge in [-0.15, -0.1) is 0 Å². The third-order valence-corrected chi connectivity index (χ3v) is 3.97. The minimum atomic E-state index is -0.835. The molecule has 0 aromatic heterocycles. The molecule has 0 aliphatic carbocycles. The van der Waals surface area contributed by atoms with Gasteiger partial charge < -0.3 is 5.32 Å². The zero-order chi connectivity index (χ0) is 14.7. The average molecular weight is 361 g/mol. The molecule has 1 N–H and O–H groups in total. The highest BCUT2D eigenvalue weighted by Crippen LogP contribution is 2.29. The summed E-state index contributed by atoms with van der Waals surface area (Å²) in [5, 5.41) is 3.67. The van der Waals surface area contributed by atoms with Crippen LogP contribution in [0.5, 0.6) is 0 Å². The third-order valence-electron chi connectivity index (χ3n) is 3.14. The van der Waals surface area contributed by atoms with E-state index in [-0.39, 0.29) is 6.04 Å². The highest BCUT2D eigenvalue weighted by atomic mass is 79.9. The molecule has 0 saturated heterocycles. The van der Waals surface area contributed by atoms with Crippen molar-refractivity contribution >= 4 is 27.5 Å². The van der Waals surface area contributed by atoms with E-state index in [1.54, 1.807) is 19.2 Å². The van der Waals surface area contributed by atoms with E-state index in [0.717, 1.165) is 16.1 Å². The summed E-state index contributed by atoms with van der Waals surface area (Å²) in [5.74, 6) is -1.64. The molecule has 5 heteroatoms. The van der Waals surface area contributed by atoms with E-state index in [0.29, 0.717) is 17.0 Å². The van der Waals surface area contributed by atoms with Crippen LogP contribution < -0.4 is 5.32 Å². The molecular weight excluding hydrogens is 348 g/mol. The maximum absolute atomic E-state index is 13.7. The molecule has 2 aromatic carbocycles. The summed E-state index contributed by atoms with van der Waals surface area (Å²) in [6, 6.07) is 9.47. The van der Waals surface area contributed by atoms with E-state index in [1.807, 2.05) is 12.1 Å². The van der Waals surface area contributed by atoms with E-state index in [2.05, 4.69) is 21.2 Å². The molecule has 0 bridgehead atoms. The topological polar surface area (TPSA) is 12.0 Å². The molecule has 20 heavy (non-hydrogen) atoms. The Labute approximate surface area is 130 Å². The predicted molar refractivity (Wildman–Crippen MR) is 81.0 cm³/mol. The summed E-state index contributed by atoms with van der Waals surface area (Å²) in [6.45, 7) is 0. The molecule has 2 rings (SSSR count). The van der Waals surface area contributed by atoms with E-state index < -0.39 is 11.6 Å². The van der Waals surface area contributed by atoms with Crippen molar-refractivity contribution < 1.29 is 8.78 Å². The first-order valence-corrected chi connectivity index (χ1v) is 7.25. The molecule has 106 valence electrons. The highest BCUT2D eigenvalue weighted by molar-refractivity contribution is 9.10. The highest BCUT2D eigenvalue weighted by Gasteiger charge is 2.17. The molecule has 0 amide bonds. The van der Waals surface area contributed by atoms with Crippen molar-refractivity contribution in [3.8, 4) is 0 Å². The normalized spacial score (nSPS) is 12.4. The molecule has 1 nitrogen and oxygen atoms in total. The average Bonchev–Trinajstić information content (AvgIpc) is 2.43. The number of hydrogen-bond donors (Lipinski definition) is 1. The molecule has 0 heterocycles. The van der Waals surface area contributed by atoms with Crippen LogP contribution in [0.4, 0.5) is 8.78 Å². The monoisotopic (exact) mass is 359 g/mol. The van der Waals surface area contributed by atoms with E-state index in [4.69, 9.17) is 11.6 Å². The molecule has 1 unspecified atom stereocenters. The summed E-state index contributed by atoms with van der Waals surface area (Å²) in [6.07, 6.45) is 0.316. The number of halogens is 4. The van der Waals surface area contributed by atoms with E-state index in [1.165, 1.54) is 6.07 Å². The predicted octanol–water partition coefficient (Wildman–Crippen LogP) is 4.88. The zero-order valence-corrected chi connectivity index (χ0v) is 13.1. The second-order valence-electron chi connectivity index (χ2n) is 4.42. The summed E-state index contributed by atoms with van der Waals surface area (Å²) in [5.41, 5.74) is 1.16. The van der Waals surface area contributed by atoms with Crippen molar-refractivity contribution in [2.24, 2.45) is 0 Å². The quantitative estimate of drug-likeness (QED) is 0.819. The fourth-order valence-electron chi connectivity index (χ4n) is 2.08. The Morgan fingerprint density at radius 3 is 2.70 bits per heavy atom. The van der Waals surface area contributed by atoms with Crippen LogP contribution in [-0.4, -0.2) is 7.05 Å². The Hall–Kier alpha value is -0.970. The standard InChI is InChI=1S/C15H13BrClF2N/c1-20-14(11-8-10(16)5-6-12(11)17)7-9-3-2-4-13(18)15(9)19/h2-6,8,14,20H,7H2,1H3. The van der Waals surface area contributed by atoms with Gasteiger partial charge in [0.2, 0.25) is 0 Å². The number of rotatable bonds is 4. The van der Waals surface area contributed by atoms with Crippen LogP contribution in [0.1, 0.15) is 17.2 Å². The van der Waals surface area contributed by atoms with Crippen LogP contribution in [0.2, 0.25) is 5.02 Å². The minimum Gasteiger partial charge on any atom is -0.313 e. The van der Waals surface area contributed by atoms with Crippen molar-refractivity contribution in [2.75, 3.05) is 7.05 Å². The van der Waals surface area contributed by atoms with Crippen LogP contribution in [-0.2, 0) is 6.42 Å². The first-order valence-electron chi connectivity index (χ1n) is 6.08. The maximum Gasteiger partial charge on any atom is 0.162 e. The summed E-state index contributed by atoms with van der Waals surface area (Å²) in [7, 11) is 1.76. The fraction of sp³-hybridized carbons (Fsp3) is 0.200. The second kappa shape index (κ2) is 6.66. The van der Waals surface area contributed by atoms with Gasteiger partial charge in [-0.1, -0.05) is 39.7 Å². The fourth-order valence-corrected chi connectivity index (χ4v) is 2.70. The van der Waals surface area contributed by atoms with Crippen molar-refractivity contribution in [3.05, 3.63) is 68.7 Å². The van der Waals surface area contributed by atoms with Gasteiger partial charge >= 0.3 is 0 Å². The smallest absolute Gasteiger partial charge is 0.162 e. The van der Waals surface area contributed by atoms with Crippen molar-refractivity contribution in [1.82, 2.24) is 5.32 Å². The number of likely N-dealkylation sites (N-methyl/N-ethyl adjacent to an activating group) is 1. The van der Waals surface area contributed by atoms with Gasteiger partial charge in [0, 0.05) is 15.5 Å². The molecule has 0 radical (unpaired) electrons. The van der Waals surface area contributed by atoms with Crippen molar-refractivity contribution in [2.45, 2.75) is 12.5 Å². The lowest BCUT2D eigenvalue weighted by molar-refractivity contribution is 0.487. The number of hydrogen-bond acceptors (Lipinski definition) is 1. The molecular formula is C15H13BrClF2N. The van der Waals surface area contributed by atoms with Gasteiger partial charge in [0.1, 0.15) is 0 Å². The largest absolute Gasteiger partial charge is 0.313 e. The van der Waals surface area contributed by atoms with Gasteiger partial charge in [-0.3, -0.25) is 0 Å². The van der Waals surface area contributed by atoms with Crippen LogP contribution in [0.25, 0.3) is 0 Å². The van der Waals surface area contributed by atoms with Crippen LogP contribution in [0.3, 0.4) is 0 Å². The Bertz CT molecular complexity index is 619. The molecule has 0 fully saturated rings. The van der Waals surface area contributed by atoms with Crippen LogP contribution in [0, 0.1) is 11.6 Å². The molecule has 0 aliphatic rings. The van der Waals surface area contributed by atoms with Gasteiger partial charge in [0.25, 0.3) is 0 Å². The lowest BCUT2D eigenvalue weighted by Gasteiger charge is -2.19.